The number of aliphatic imine (C=N–C) groups is 1. The van der Waals surface area contributed by atoms with Gasteiger partial charge < -0.3 is 10.1 Å². The Morgan fingerprint density at radius 1 is 1.18 bits per heavy atom. The molecule has 0 aliphatic carbocycles. The molecule has 108 valence electrons. The SMILES string of the molecule is Cc1ccc2[nH]c(O)c(C3=Nc4ccc(Br)cc4C3=O)c2c1. The molecule has 2 N–H and O–H groups in total. The third-order valence-electron chi connectivity index (χ3n) is 3.82. The summed E-state index contributed by atoms with van der Waals surface area (Å²) in [7, 11) is 0. The van der Waals surface area contributed by atoms with E-state index in [1.807, 2.05) is 31.2 Å². The maximum atomic E-state index is 12.7. The average Bonchev–Trinajstić information content (AvgIpc) is 2.96. The molecule has 2 heterocycles. The molecule has 1 aliphatic rings. The van der Waals surface area contributed by atoms with Gasteiger partial charge in [0.25, 0.3) is 0 Å². The first-order valence-electron chi connectivity index (χ1n) is 6.79. The quantitative estimate of drug-likeness (QED) is 0.685. The van der Waals surface area contributed by atoms with Crippen molar-refractivity contribution in [2.75, 3.05) is 0 Å². The van der Waals surface area contributed by atoms with Gasteiger partial charge in [0.05, 0.1) is 16.8 Å². The van der Waals surface area contributed by atoms with Crippen LogP contribution < -0.4 is 0 Å². The lowest BCUT2D eigenvalue weighted by Gasteiger charge is -2.00. The summed E-state index contributed by atoms with van der Waals surface area (Å²) < 4.78 is 0.829. The zero-order chi connectivity index (χ0) is 15.4. The summed E-state index contributed by atoms with van der Waals surface area (Å²) in [5.41, 5.74) is 3.76. The van der Waals surface area contributed by atoms with Crippen LogP contribution in [0.2, 0.25) is 0 Å². The molecule has 0 fully saturated rings. The van der Waals surface area contributed by atoms with Crippen molar-refractivity contribution in [1.29, 1.82) is 0 Å². The number of aryl methyl sites for hydroxylation is 1. The van der Waals surface area contributed by atoms with Crippen LogP contribution in [0.5, 0.6) is 5.88 Å². The molecule has 1 aromatic heterocycles. The number of nitrogens with zero attached hydrogens (tertiary/aromatic N) is 1. The van der Waals surface area contributed by atoms with E-state index in [1.165, 1.54) is 0 Å². The fourth-order valence-electron chi connectivity index (χ4n) is 2.79. The van der Waals surface area contributed by atoms with Crippen molar-refractivity contribution >= 4 is 44.0 Å². The molecule has 1 aliphatic heterocycles. The molecule has 4 nitrogen and oxygen atoms in total. The molecule has 0 spiro atoms. The Balaban J connectivity index is 1.96. The zero-order valence-corrected chi connectivity index (χ0v) is 13.2. The van der Waals surface area contributed by atoms with Crippen molar-refractivity contribution in [1.82, 2.24) is 4.98 Å². The number of benzene rings is 2. The molecular weight excluding hydrogens is 344 g/mol. The Hall–Kier alpha value is -2.40. The molecule has 0 saturated carbocycles. The van der Waals surface area contributed by atoms with Crippen LogP contribution in [0.4, 0.5) is 5.69 Å². The van der Waals surface area contributed by atoms with E-state index in [0.29, 0.717) is 16.8 Å². The van der Waals surface area contributed by atoms with Crippen molar-refractivity contribution in [2.45, 2.75) is 6.92 Å². The molecule has 0 unspecified atom stereocenters. The smallest absolute Gasteiger partial charge is 0.214 e. The summed E-state index contributed by atoms with van der Waals surface area (Å²) >= 11 is 3.37. The van der Waals surface area contributed by atoms with E-state index < -0.39 is 0 Å². The highest BCUT2D eigenvalue weighted by molar-refractivity contribution is 9.10. The Morgan fingerprint density at radius 3 is 2.82 bits per heavy atom. The number of H-pyrrole nitrogens is 1. The molecular formula is C17H11BrN2O2. The second-order valence-electron chi connectivity index (χ2n) is 5.35. The number of aromatic nitrogens is 1. The predicted octanol–water partition coefficient (Wildman–Crippen LogP) is 4.26. The minimum absolute atomic E-state index is 0.0282. The number of halogens is 1. The number of nitrogens with one attached hydrogen (secondary N) is 1. The lowest BCUT2D eigenvalue weighted by molar-refractivity contribution is 0.107. The third kappa shape index (κ3) is 1.82. The number of ketones is 1. The van der Waals surface area contributed by atoms with E-state index in [2.05, 4.69) is 25.9 Å². The van der Waals surface area contributed by atoms with E-state index in [4.69, 9.17) is 0 Å². The van der Waals surface area contributed by atoms with Crippen LogP contribution in [-0.2, 0) is 0 Å². The number of rotatable bonds is 1. The Kier molecular flexibility index (Phi) is 2.74. The van der Waals surface area contributed by atoms with E-state index in [1.54, 1.807) is 12.1 Å². The highest BCUT2D eigenvalue weighted by atomic mass is 79.9. The van der Waals surface area contributed by atoms with E-state index in [0.717, 1.165) is 20.9 Å². The number of fused-ring (bicyclic) bond motifs is 2. The lowest BCUT2D eigenvalue weighted by Crippen LogP contribution is -2.10. The predicted molar refractivity (Wildman–Crippen MR) is 89.4 cm³/mol. The summed E-state index contributed by atoms with van der Waals surface area (Å²) in [5.74, 6) is -0.200. The van der Waals surface area contributed by atoms with Crippen LogP contribution in [0.3, 0.4) is 0 Å². The van der Waals surface area contributed by atoms with Crippen molar-refractivity contribution < 1.29 is 9.90 Å². The van der Waals surface area contributed by atoms with Gasteiger partial charge in [0.1, 0.15) is 5.71 Å². The van der Waals surface area contributed by atoms with E-state index in [-0.39, 0.29) is 17.4 Å². The number of hydrogen-bond donors (Lipinski definition) is 2. The van der Waals surface area contributed by atoms with Gasteiger partial charge in [-0.25, -0.2) is 4.99 Å². The number of Topliss-reactive ketones (excluding diaryl/α,β-unsaturated/α-hetero) is 1. The summed E-state index contributed by atoms with van der Waals surface area (Å²) in [6.07, 6.45) is 0. The number of hydrogen-bond acceptors (Lipinski definition) is 3. The highest BCUT2D eigenvalue weighted by Crippen LogP contribution is 2.36. The fourth-order valence-corrected chi connectivity index (χ4v) is 3.15. The molecule has 22 heavy (non-hydrogen) atoms. The average molecular weight is 355 g/mol. The van der Waals surface area contributed by atoms with Gasteiger partial charge in [-0.3, -0.25) is 4.79 Å². The second-order valence-corrected chi connectivity index (χ2v) is 6.26. The van der Waals surface area contributed by atoms with Gasteiger partial charge >= 0.3 is 0 Å². The van der Waals surface area contributed by atoms with Gasteiger partial charge in [0, 0.05) is 15.4 Å². The van der Waals surface area contributed by atoms with E-state index >= 15 is 0 Å². The summed E-state index contributed by atoms with van der Waals surface area (Å²) in [4.78, 5) is 20.0. The van der Waals surface area contributed by atoms with Crippen LogP contribution in [0, 0.1) is 6.92 Å². The standard InChI is InChI=1S/C17H11BrN2O2/c1-8-2-4-12-10(6-8)14(17(22)20-12)15-16(21)11-7-9(18)3-5-13(11)19-15/h2-7,20,22H,1H3. The fraction of sp³-hybridized carbons (Fsp3) is 0.0588. The first-order valence-corrected chi connectivity index (χ1v) is 7.58. The van der Waals surface area contributed by atoms with Crippen molar-refractivity contribution in [3.63, 3.8) is 0 Å². The zero-order valence-electron chi connectivity index (χ0n) is 11.6. The summed E-state index contributed by atoms with van der Waals surface area (Å²) in [6.45, 7) is 1.97. The first-order chi connectivity index (χ1) is 10.5. The Morgan fingerprint density at radius 2 is 2.00 bits per heavy atom. The van der Waals surface area contributed by atoms with Crippen molar-refractivity contribution in [3.05, 3.63) is 57.6 Å². The van der Waals surface area contributed by atoms with Crippen molar-refractivity contribution in [3.8, 4) is 5.88 Å². The largest absolute Gasteiger partial charge is 0.494 e. The Bertz CT molecular complexity index is 986. The van der Waals surface area contributed by atoms with Gasteiger partial charge in [-0.2, -0.15) is 0 Å². The molecule has 0 amide bonds. The molecule has 5 heteroatoms. The van der Waals surface area contributed by atoms with Gasteiger partial charge in [-0.1, -0.05) is 27.6 Å². The van der Waals surface area contributed by atoms with Crippen LogP contribution in [-0.4, -0.2) is 21.6 Å². The third-order valence-corrected chi connectivity index (χ3v) is 4.31. The normalized spacial score (nSPS) is 13.5. The maximum absolute atomic E-state index is 12.7. The number of aromatic amines is 1. The molecule has 0 radical (unpaired) electrons. The summed E-state index contributed by atoms with van der Waals surface area (Å²) in [6, 6.07) is 11.2. The molecule has 0 saturated heterocycles. The second kappa shape index (κ2) is 4.55. The van der Waals surface area contributed by atoms with E-state index in [9.17, 15) is 9.90 Å². The van der Waals surface area contributed by atoms with Crippen LogP contribution in [0.25, 0.3) is 10.9 Å². The minimum atomic E-state index is -0.172. The van der Waals surface area contributed by atoms with Gasteiger partial charge in [-0.15, -0.1) is 0 Å². The summed E-state index contributed by atoms with van der Waals surface area (Å²) in [5, 5.41) is 11.0. The maximum Gasteiger partial charge on any atom is 0.214 e. The molecule has 2 aromatic carbocycles. The highest BCUT2D eigenvalue weighted by Gasteiger charge is 2.30. The first kappa shape index (κ1) is 13.3. The monoisotopic (exact) mass is 354 g/mol. The minimum Gasteiger partial charge on any atom is -0.494 e. The lowest BCUT2D eigenvalue weighted by atomic mass is 10.0. The van der Waals surface area contributed by atoms with Gasteiger partial charge in [-0.05, 0) is 37.3 Å². The number of carbonyl (C=O) groups excluding carboxylic acids is 1. The molecule has 0 atom stereocenters. The Labute approximate surface area is 134 Å². The van der Waals surface area contributed by atoms with Crippen LogP contribution >= 0.6 is 15.9 Å². The molecule has 0 bridgehead atoms. The van der Waals surface area contributed by atoms with Gasteiger partial charge in [0.15, 0.2) is 5.88 Å². The number of carbonyl (C=O) groups is 1. The number of aromatic hydroxyl groups is 1. The molecule has 4 rings (SSSR count). The van der Waals surface area contributed by atoms with Crippen LogP contribution in [0.1, 0.15) is 21.5 Å². The topological polar surface area (TPSA) is 65.4 Å². The molecule has 3 aromatic rings. The van der Waals surface area contributed by atoms with Crippen LogP contribution in [0.15, 0.2) is 45.9 Å². The van der Waals surface area contributed by atoms with Crippen molar-refractivity contribution in [2.24, 2.45) is 4.99 Å². The van der Waals surface area contributed by atoms with Gasteiger partial charge in [0.2, 0.25) is 5.78 Å².